The first-order chi connectivity index (χ1) is 14.0. The highest BCUT2D eigenvalue weighted by Crippen LogP contribution is 2.25. The second-order valence-corrected chi connectivity index (χ2v) is 8.02. The molecule has 1 fully saturated rings. The third kappa shape index (κ3) is 4.13. The Hall–Kier alpha value is -2.85. The van der Waals surface area contributed by atoms with E-state index in [-0.39, 0.29) is 18.0 Å². The van der Waals surface area contributed by atoms with Gasteiger partial charge in [-0.3, -0.25) is 4.79 Å². The van der Waals surface area contributed by atoms with Crippen LogP contribution in [0.1, 0.15) is 24.2 Å². The van der Waals surface area contributed by atoms with Crippen molar-refractivity contribution in [2.45, 2.75) is 25.9 Å². The Balaban J connectivity index is 1.50. The second kappa shape index (κ2) is 8.26. The lowest BCUT2D eigenvalue weighted by atomic mass is 10.0. The molecular weight excluding hydrogens is 382 g/mol. The molecule has 4 rings (SSSR count). The van der Waals surface area contributed by atoms with Gasteiger partial charge in [0.1, 0.15) is 5.82 Å². The number of aromatic nitrogens is 1. The van der Waals surface area contributed by atoms with Crippen LogP contribution in [0.3, 0.4) is 0 Å². The van der Waals surface area contributed by atoms with Crippen molar-refractivity contribution in [3.8, 4) is 11.1 Å². The normalized spacial score (nSPS) is 19.3. The molecule has 1 aliphatic heterocycles. The molecule has 29 heavy (non-hydrogen) atoms. The van der Waals surface area contributed by atoms with Crippen LogP contribution < -0.4 is 4.90 Å². The van der Waals surface area contributed by atoms with Gasteiger partial charge in [-0.25, -0.2) is 4.98 Å². The van der Waals surface area contributed by atoms with E-state index < -0.39 is 0 Å². The molecule has 0 spiro atoms. The van der Waals surface area contributed by atoms with Crippen molar-refractivity contribution in [1.82, 2.24) is 9.88 Å². The number of hydrogen-bond acceptors (Lipinski definition) is 3. The zero-order chi connectivity index (χ0) is 20.4. The highest BCUT2D eigenvalue weighted by molar-refractivity contribution is 6.30. The van der Waals surface area contributed by atoms with E-state index in [1.54, 1.807) is 0 Å². The maximum Gasteiger partial charge on any atom is 0.254 e. The number of anilines is 1. The van der Waals surface area contributed by atoms with Crippen LogP contribution in [-0.4, -0.2) is 41.0 Å². The van der Waals surface area contributed by atoms with Crippen LogP contribution in [0.4, 0.5) is 5.82 Å². The number of benzene rings is 2. The molecule has 2 heterocycles. The molecular formula is C24H24ClN3O. The number of hydrogen-bond donors (Lipinski definition) is 0. The first kappa shape index (κ1) is 19.5. The SMILES string of the molecule is CC1CN(c2ccccn2)CC(C)N1C(=O)c1ccc(-c2ccc(Cl)cc2)cc1. The van der Waals surface area contributed by atoms with Gasteiger partial charge in [-0.05, 0) is 61.4 Å². The maximum absolute atomic E-state index is 13.2. The molecule has 1 aliphatic rings. The van der Waals surface area contributed by atoms with Crippen molar-refractivity contribution >= 4 is 23.3 Å². The summed E-state index contributed by atoms with van der Waals surface area (Å²) in [7, 11) is 0. The molecule has 4 nitrogen and oxygen atoms in total. The summed E-state index contributed by atoms with van der Waals surface area (Å²) in [6.07, 6.45) is 1.81. The van der Waals surface area contributed by atoms with Crippen molar-refractivity contribution in [2.24, 2.45) is 0 Å². The summed E-state index contributed by atoms with van der Waals surface area (Å²) in [6.45, 7) is 5.75. The minimum atomic E-state index is 0.0772. The Morgan fingerprint density at radius 1 is 0.897 bits per heavy atom. The van der Waals surface area contributed by atoms with Gasteiger partial charge in [-0.15, -0.1) is 0 Å². The Kier molecular flexibility index (Phi) is 5.54. The standard InChI is InChI=1S/C24H24ClN3O/c1-17-15-27(23-5-3-4-14-26-23)16-18(2)28(17)24(29)21-8-6-19(7-9-21)20-10-12-22(25)13-11-20/h3-14,17-18H,15-16H2,1-2H3. The van der Waals surface area contributed by atoms with Crippen molar-refractivity contribution in [3.05, 3.63) is 83.5 Å². The van der Waals surface area contributed by atoms with Crippen LogP contribution in [0, 0.1) is 0 Å². The average molecular weight is 406 g/mol. The molecule has 0 radical (unpaired) electrons. The largest absolute Gasteiger partial charge is 0.353 e. The number of pyridine rings is 1. The van der Waals surface area contributed by atoms with Crippen molar-refractivity contribution in [2.75, 3.05) is 18.0 Å². The van der Waals surface area contributed by atoms with Crippen LogP contribution in [-0.2, 0) is 0 Å². The first-order valence-electron chi connectivity index (χ1n) is 9.87. The van der Waals surface area contributed by atoms with Gasteiger partial charge < -0.3 is 9.80 Å². The molecule has 2 unspecified atom stereocenters. The first-order valence-corrected chi connectivity index (χ1v) is 10.3. The quantitative estimate of drug-likeness (QED) is 0.605. The summed E-state index contributed by atoms with van der Waals surface area (Å²) in [6, 6.07) is 21.7. The lowest BCUT2D eigenvalue weighted by molar-refractivity contribution is 0.0574. The fraction of sp³-hybridized carbons (Fsp3) is 0.250. The van der Waals surface area contributed by atoms with E-state index >= 15 is 0 Å². The molecule has 1 saturated heterocycles. The number of rotatable bonds is 3. The lowest BCUT2D eigenvalue weighted by Crippen LogP contribution is -2.58. The molecule has 1 amide bonds. The summed E-state index contributed by atoms with van der Waals surface area (Å²) in [5.74, 6) is 1.04. The molecule has 0 saturated carbocycles. The van der Waals surface area contributed by atoms with E-state index in [0.29, 0.717) is 10.6 Å². The van der Waals surface area contributed by atoms with Gasteiger partial charge in [-0.2, -0.15) is 0 Å². The Morgan fingerprint density at radius 3 is 2.03 bits per heavy atom. The summed E-state index contributed by atoms with van der Waals surface area (Å²) < 4.78 is 0. The van der Waals surface area contributed by atoms with Gasteiger partial charge in [-0.1, -0.05) is 41.9 Å². The van der Waals surface area contributed by atoms with Gasteiger partial charge in [0.05, 0.1) is 0 Å². The Morgan fingerprint density at radius 2 is 1.48 bits per heavy atom. The number of halogens is 1. The van der Waals surface area contributed by atoms with Crippen LogP contribution >= 0.6 is 11.6 Å². The second-order valence-electron chi connectivity index (χ2n) is 7.59. The van der Waals surface area contributed by atoms with Crippen molar-refractivity contribution < 1.29 is 4.79 Å². The number of amides is 1. The molecule has 148 valence electrons. The molecule has 2 aromatic carbocycles. The fourth-order valence-electron chi connectivity index (χ4n) is 4.05. The predicted octanol–water partition coefficient (Wildman–Crippen LogP) is 5.14. The van der Waals surface area contributed by atoms with E-state index in [9.17, 15) is 4.79 Å². The van der Waals surface area contributed by atoms with Gasteiger partial charge in [0.25, 0.3) is 5.91 Å². The molecule has 0 N–H and O–H groups in total. The van der Waals surface area contributed by atoms with Crippen LogP contribution in [0.15, 0.2) is 72.9 Å². The number of nitrogens with zero attached hydrogens (tertiary/aromatic N) is 3. The summed E-state index contributed by atoms with van der Waals surface area (Å²) in [5.41, 5.74) is 2.87. The van der Waals surface area contributed by atoms with E-state index in [1.807, 2.05) is 77.8 Å². The zero-order valence-electron chi connectivity index (χ0n) is 16.6. The molecule has 1 aromatic heterocycles. The third-order valence-corrected chi connectivity index (χ3v) is 5.69. The minimum absolute atomic E-state index is 0.0772. The van der Waals surface area contributed by atoms with Crippen LogP contribution in [0.5, 0.6) is 0 Å². The van der Waals surface area contributed by atoms with E-state index in [4.69, 9.17) is 11.6 Å². The van der Waals surface area contributed by atoms with Crippen LogP contribution in [0.25, 0.3) is 11.1 Å². The minimum Gasteiger partial charge on any atom is -0.353 e. The Bertz CT molecular complexity index is 961. The predicted molar refractivity (Wildman–Crippen MR) is 118 cm³/mol. The highest BCUT2D eigenvalue weighted by atomic mass is 35.5. The number of piperazine rings is 1. The average Bonchev–Trinajstić information content (AvgIpc) is 2.74. The smallest absolute Gasteiger partial charge is 0.254 e. The van der Waals surface area contributed by atoms with Crippen molar-refractivity contribution in [3.63, 3.8) is 0 Å². The third-order valence-electron chi connectivity index (χ3n) is 5.44. The van der Waals surface area contributed by atoms with E-state index in [1.165, 1.54) is 0 Å². The molecule has 0 bridgehead atoms. The zero-order valence-corrected chi connectivity index (χ0v) is 17.4. The maximum atomic E-state index is 13.2. The fourth-order valence-corrected chi connectivity index (χ4v) is 4.17. The van der Waals surface area contributed by atoms with E-state index in [0.717, 1.165) is 30.0 Å². The van der Waals surface area contributed by atoms with Gasteiger partial charge in [0.2, 0.25) is 0 Å². The summed E-state index contributed by atoms with van der Waals surface area (Å²) >= 11 is 5.97. The van der Waals surface area contributed by atoms with Gasteiger partial charge in [0, 0.05) is 42.0 Å². The number of carbonyl (C=O) groups is 1. The lowest BCUT2D eigenvalue weighted by Gasteiger charge is -2.45. The molecule has 2 atom stereocenters. The highest BCUT2D eigenvalue weighted by Gasteiger charge is 2.33. The van der Waals surface area contributed by atoms with Crippen LogP contribution in [0.2, 0.25) is 5.02 Å². The molecule has 3 aromatic rings. The molecule has 0 aliphatic carbocycles. The van der Waals surface area contributed by atoms with Gasteiger partial charge >= 0.3 is 0 Å². The summed E-state index contributed by atoms with van der Waals surface area (Å²) in [4.78, 5) is 21.9. The summed E-state index contributed by atoms with van der Waals surface area (Å²) in [5, 5.41) is 0.716. The van der Waals surface area contributed by atoms with E-state index in [2.05, 4.69) is 23.7 Å². The Labute approximate surface area is 176 Å². The monoisotopic (exact) mass is 405 g/mol. The van der Waals surface area contributed by atoms with Gasteiger partial charge in [0.15, 0.2) is 0 Å². The topological polar surface area (TPSA) is 36.4 Å². The van der Waals surface area contributed by atoms with Crippen molar-refractivity contribution in [1.29, 1.82) is 0 Å². The number of carbonyl (C=O) groups excluding carboxylic acids is 1. The molecule has 5 heteroatoms.